The third-order valence-electron chi connectivity index (χ3n) is 5.15. The molecule has 2 unspecified atom stereocenters. The van der Waals surface area contributed by atoms with Crippen LogP contribution in [0, 0.1) is 11.3 Å². The summed E-state index contributed by atoms with van der Waals surface area (Å²) in [5.41, 5.74) is 1.47. The minimum Gasteiger partial charge on any atom is -0.391 e. The van der Waals surface area contributed by atoms with Crippen molar-refractivity contribution in [1.29, 1.82) is 5.26 Å². The Labute approximate surface area is 143 Å². The van der Waals surface area contributed by atoms with E-state index in [9.17, 15) is 10.4 Å². The van der Waals surface area contributed by atoms with Crippen molar-refractivity contribution in [2.45, 2.75) is 56.7 Å². The summed E-state index contributed by atoms with van der Waals surface area (Å²) in [7, 11) is 0. The zero-order chi connectivity index (χ0) is 16.2. The predicted octanol–water partition coefficient (Wildman–Crippen LogP) is 3.39. The first kappa shape index (κ1) is 16.6. The maximum absolute atomic E-state index is 10.2. The van der Waals surface area contributed by atoms with Gasteiger partial charge in [-0.15, -0.1) is 0 Å². The van der Waals surface area contributed by atoms with Crippen LogP contribution in [0.4, 0.5) is 5.69 Å². The molecular formula is C18H24ClN3O. The zero-order valence-corrected chi connectivity index (χ0v) is 14.1. The third-order valence-corrected chi connectivity index (χ3v) is 5.39. The van der Waals surface area contributed by atoms with Crippen LogP contribution >= 0.6 is 11.6 Å². The lowest BCUT2D eigenvalue weighted by Crippen LogP contribution is -2.50. The molecule has 1 aliphatic heterocycles. The largest absolute Gasteiger partial charge is 0.391 e. The highest BCUT2D eigenvalue weighted by molar-refractivity contribution is 6.30. The number of hydrogen-bond acceptors (Lipinski definition) is 4. The Bertz CT molecular complexity index is 578. The monoisotopic (exact) mass is 333 g/mol. The van der Waals surface area contributed by atoms with E-state index in [-0.39, 0.29) is 6.10 Å². The number of nitrogens with one attached hydrogen (secondary N) is 1. The minimum absolute atomic E-state index is 0.158. The van der Waals surface area contributed by atoms with Gasteiger partial charge in [-0.3, -0.25) is 4.90 Å². The average Bonchev–Trinajstić information content (AvgIpc) is 2.58. The van der Waals surface area contributed by atoms with Crippen LogP contribution in [0.3, 0.4) is 0 Å². The number of nitrogens with zero attached hydrogens (tertiary/aromatic N) is 2. The molecule has 2 N–H and O–H groups in total. The summed E-state index contributed by atoms with van der Waals surface area (Å²) in [5, 5.41) is 23.5. The Morgan fingerprint density at radius 3 is 2.61 bits per heavy atom. The van der Waals surface area contributed by atoms with E-state index in [1.807, 2.05) is 12.1 Å². The number of hydrogen-bond donors (Lipinski definition) is 2. The van der Waals surface area contributed by atoms with E-state index in [0.717, 1.165) is 50.9 Å². The summed E-state index contributed by atoms with van der Waals surface area (Å²) in [5.74, 6) is 0. The highest BCUT2D eigenvalue weighted by Crippen LogP contribution is 2.27. The fourth-order valence-electron chi connectivity index (χ4n) is 3.85. The van der Waals surface area contributed by atoms with Gasteiger partial charge in [0, 0.05) is 30.2 Å². The van der Waals surface area contributed by atoms with Crippen molar-refractivity contribution < 1.29 is 5.11 Å². The summed E-state index contributed by atoms with van der Waals surface area (Å²) in [6, 6.07) is 8.33. The molecule has 1 aromatic carbocycles. The van der Waals surface area contributed by atoms with Gasteiger partial charge in [0.1, 0.15) is 6.07 Å². The molecule has 0 bridgehead atoms. The van der Waals surface area contributed by atoms with Gasteiger partial charge in [0.15, 0.2) is 0 Å². The first-order valence-electron chi connectivity index (χ1n) is 8.55. The molecular weight excluding hydrogens is 310 g/mol. The van der Waals surface area contributed by atoms with E-state index >= 15 is 0 Å². The Kier molecular flexibility index (Phi) is 5.42. The first-order chi connectivity index (χ1) is 11.2. The van der Waals surface area contributed by atoms with Crippen molar-refractivity contribution in [3.8, 4) is 6.07 Å². The molecule has 0 aromatic heterocycles. The summed E-state index contributed by atoms with van der Waals surface area (Å²) in [6.07, 6.45) is 6.37. The van der Waals surface area contributed by atoms with Gasteiger partial charge in [-0.25, -0.2) is 0 Å². The van der Waals surface area contributed by atoms with Crippen LogP contribution in [-0.4, -0.2) is 41.3 Å². The maximum Gasteiger partial charge on any atom is 0.101 e. The molecule has 5 heteroatoms. The van der Waals surface area contributed by atoms with Crippen molar-refractivity contribution in [3.63, 3.8) is 0 Å². The molecule has 0 radical (unpaired) electrons. The van der Waals surface area contributed by atoms with Crippen LogP contribution in [-0.2, 0) is 0 Å². The van der Waals surface area contributed by atoms with Crippen molar-refractivity contribution in [2.75, 3.05) is 18.4 Å². The molecule has 1 heterocycles. The van der Waals surface area contributed by atoms with Gasteiger partial charge in [-0.1, -0.05) is 24.4 Å². The Hall–Kier alpha value is -1.28. The molecule has 1 aromatic rings. The number of likely N-dealkylation sites (tertiary alicyclic amines) is 1. The first-order valence-corrected chi connectivity index (χ1v) is 8.93. The molecule has 23 heavy (non-hydrogen) atoms. The van der Waals surface area contributed by atoms with Gasteiger partial charge in [0.2, 0.25) is 0 Å². The number of aliphatic hydroxyl groups is 1. The molecule has 1 saturated heterocycles. The predicted molar refractivity (Wildman–Crippen MR) is 92.6 cm³/mol. The summed E-state index contributed by atoms with van der Waals surface area (Å²) >= 11 is 5.95. The van der Waals surface area contributed by atoms with Crippen molar-refractivity contribution >= 4 is 17.3 Å². The van der Waals surface area contributed by atoms with Gasteiger partial charge in [0.05, 0.1) is 17.4 Å². The quantitative estimate of drug-likeness (QED) is 0.890. The zero-order valence-electron chi connectivity index (χ0n) is 13.3. The van der Waals surface area contributed by atoms with Crippen LogP contribution < -0.4 is 5.32 Å². The molecule has 1 saturated carbocycles. The van der Waals surface area contributed by atoms with Crippen LogP contribution in [0.5, 0.6) is 0 Å². The molecule has 0 amide bonds. The highest BCUT2D eigenvalue weighted by Gasteiger charge is 2.31. The SMILES string of the molecule is N#Cc1cc(Cl)ccc1NC1CCN(C2CCCCC2O)CC1. The highest BCUT2D eigenvalue weighted by atomic mass is 35.5. The minimum atomic E-state index is -0.158. The van der Waals surface area contributed by atoms with Crippen LogP contribution in [0.25, 0.3) is 0 Å². The number of halogens is 1. The van der Waals surface area contributed by atoms with Crippen LogP contribution in [0.1, 0.15) is 44.1 Å². The molecule has 2 atom stereocenters. The molecule has 1 aliphatic carbocycles. The lowest BCUT2D eigenvalue weighted by atomic mass is 9.89. The van der Waals surface area contributed by atoms with E-state index < -0.39 is 0 Å². The van der Waals surface area contributed by atoms with Gasteiger partial charge in [0.25, 0.3) is 0 Å². The van der Waals surface area contributed by atoms with Gasteiger partial charge in [-0.05, 0) is 43.9 Å². The number of anilines is 1. The fraction of sp³-hybridized carbons (Fsp3) is 0.611. The van der Waals surface area contributed by atoms with Crippen molar-refractivity contribution in [3.05, 3.63) is 28.8 Å². The number of rotatable bonds is 3. The Morgan fingerprint density at radius 2 is 1.91 bits per heavy atom. The van der Waals surface area contributed by atoms with E-state index in [0.29, 0.717) is 22.7 Å². The number of piperidine rings is 1. The van der Waals surface area contributed by atoms with Crippen LogP contribution in [0.2, 0.25) is 5.02 Å². The van der Waals surface area contributed by atoms with Gasteiger partial charge in [-0.2, -0.15) is 5.26 Å². The average molecular weight is 334 g/mol. The van der Waals surface area contributed by atoms with Gasteiger partial charge >= 0.3 is 0 Å². The van der Waals surface area contributed by atoms with E-state index in [4.69, 9.17) is 11.6 Å². The number of aliphatic hydroxyl groups excluding tert-OH is 1. The smallest absolute Gasteiger partial charge is 0.101 e. The Morgan fingerprint density at radius 1 is 1.17 bits per heavy atom. The normalized spacial score (nSPS) is 26.7. The Balaban J connectivity index is 1.56. The standard InChI is InChI=1S/C18H24ClN3O/c19-14-5-6-16(13(11-14)12-20)21-15-7-9-22(10-8-15)17-3-1-2-4-18(17)23/h5-6,11,15,17-18,21,23H,1-4,7-10H2. The molecule has 0 spiro atoms. The summed E-state index contributed by atoms with van der Waals surface area (Å²) < 4.78 is 0. The van der Waals surface area contributed by atoms with Crippen molar-refractivity contribution in [1.82, 2.24) is 4.90 Å². The van der Waals surface area contributed by atoms with E-state index in [2.05, 4.69) is 16.3 Å². The third kappa shape index (κ3) is 3.98. The molecule has 3 rings (SSSR count). The second kappa shape index (κ2) is 7.53. The fourth-order valence-corrected chi connectivity index (χ4v) is 4.02. The van der Waals surface area contributed by atoms with Crippen LogP contribution in [0.15, 0.2) is 18.2 Å². The lowest BCUT2D eigenvalue weighted by molar-refractivity contribution is 0.00994. The lowest BCUT2D eigenvalue weighted by Gasteiger charge is -2.41. The summed E-state index contributed by atoms with van der Waals surface area (Å²) in [6.45, 7) is 2.02. The number of nitriles is 1. The van der Waals surface area contributed by atoms with E-state index in [1.54, 1.807) is 6.07 Å². The topological polar surface area (TPSA) is 59.3 Å². The second-order valence-corrected chi connectivity index (χ2v) is 7.11. The molecule has 2 aliphatic rings. The van der Waals surface area contributed by atoms with Gasteiger partial charge < -0.3 is 10.4 Å². The summed E-state index contributed by atoms with van der Waals surface area (Å²) in [4.78, 5) is 2.45. The second-order valence-electron chi connectivity index (χ2n) is 6.68. The number of benzene rings is 1. The molecule has 2 fully saturated rings. The van der Waals surface area contributed by atoms with Crippen molar-refractivity contribution in [2.24, 2.45) is 0 Å². The molecule has 4 nitrogen and oxygen atoms in total. The maximum atomic E-state index is 10.2. The molecule has 124 valence electrons. The van der Waals surface area contributed by atoms with E-state index in [1.165, 1.54) is 6.42 Å².